The summed E-state index contributed by atoms with van der Waals surface area (Å²) in [6.45, 7) is 1.90. The highest BCUT2D eigenvalue weighted by atomic mass is 32.2. The van der Waals surface area contributed by atoms with Crippen LogP contribution in [0.2, 0.25) is 0 Å². The minimum Gasteiger partial charge on any atom is -0.408 e. The van der Waals surface area contributed by atoms with Crippen molar-refractivity contribution in [1.29, 1.82) is 0 Å². The molecule has 3 aromatic carbocycles. The zero-order valence-electron chi connectivity index (χ0n) is 18.1. The van der Waals surface area contributed by atoms with Crippen LogP contribution < -0.4 is 15.8 Å². The van der Waals surface area contributed by atoms with Crippen LogP contribution >= 0.6 is 0 Å². The number of carbonyl (C=O) groups is 1. The fourth-order valence-electron chi connectivity index (χ4n) is 3.53. The second-order valence-corrected chi connectivity index (χ2v) is 9.49. The molecule has 2 N–H and O–H groups in total. The van der Waals surface area contributed by atoms with Crippen LogP contribution in [-0.4, -0.2) is 24.9 Å². The van der Waals surface area contributed by atoms with Crippen molar-refractivity contribution >= 4 is 32.7 Å². The van der Waals surface area contributed by atoms with E-state index in [2.05, 4.69) is 10.0 Å². The molecule has 0 aliphatic carbocycles. The highest BCUT2D eigenvalue weighted by Gasteiger charge is 2.27. The fraction of sp³-hybridized carbons (Fsp3) is 0.167. The summed E-state index contributed by atoms with van der Waals surface area (Å²) in [4.78, 5) is 24.7. The Morgan fingerprint density at radius 1 is 1.03 bits per heavy atom. The Labute approximate surface area is 190 Å². The van der Waals surface area contributed by atoms with Gasteiger partial charge in [0, 0.05) is 18.8 Å². The maximum Gasteiger partial charge on any atom is 0.419 e. The summed E-state index contributed by atoms with van der Waals surface area (Å²) in [6.07, 6.45) is 0.153. The zero-order chi connectivity index (χ0) is 23.6. The summed E-state index contributed by atoms with van der Waals surface area (Å²) in [5, 5.41) is 2.79. The molecular weight excluding hydrogens is 442 g/mol. The lowest BCUT2D eigenvalue weighted by atomic mass is 10.1. The second-order valence-electron chi connectivity index (χ2n) is 7.78. The molecule has 0 aliphatic rings. The van der Waals surface area contributed by atoms with Gasteiger partial charge in [-0.2, -0.15) is 4.72 Å². The number of fused-ring (bicyclic) bond motifs is 1. The molecule has 33 heavy (non-hydrogen) atoms. The highest BCUT2D eigenvalue weighted by molar-refractivity contribution is 7.89. The average Bonchev–Trinajstić information content (AvgIpc) is 3.07. The van der Waals surface area contributed by atoms with E-state index in [0.717, 1.165) is 11.1 Å². The van der Waals surface area contributed by atoms with Gasteiger partial charge in [0.1, 0.15) is 6.04 Å². The molecule has 1 heterocycles. The molecule has 0 bridgehead atoms. The van der Waals surface area contributed by atoms with Gasteiger partial charge in [-0.05, 0) is 48.7 Å². The number of oxazole rings is 1. The maximum atomic E-state index is 13.2. The molecule has 0 fully saturated rings. The molecule has 1 aromatic heterocycles. The zero-order valence-corrected chi connectivity index (χ0v) is 18.9. The first-order valence-electron chi connectivity index (χ1n) is 10.3. The van der Waals surface area contributed by atoms with Gasteiger partial charge in [-0.1, -0.05) is 42.5 Å². The molecule has 1 atom stereocenters. The van der Waals surface area contributed by atoms with Gasteiger partial charge in [-0.25, -0.2) is 13.2 Å². The van der Waals surface area contributed by atoms with E-state index in [1.807, 2.05) is 49.4 Å². The van der Waals surface area contributed by atoms with Gasteiger partial charge in [-0.15, -0.1) is 0 Å². The van der Waals surface area contributed by atoms with E-state index in [1.54, 1.807) is 12.1 Å². The van der Waals surface area contributed by atoms with Gasteiger partial charge < -0.3 is 9.73 Å². The Hall–Kier alpha value is -3.69. The molecular formula is C24H23N3O5S. The first kappa shape index (κ1) is 22.5. The van der Waals surface area contributed by atoms with Crippen molar-refractivity contribution in [2.24, 2.45) is 7.05 Å². The number of nitrogens with zero attached hydrogens (tertiary/aromatic N) is 1. The SMILES string of the molecule is Cc1cccc(NC(=O)[C@@H](Cc2ccccc2)NS(=O)(=O)c2ccc3c(c2)oc(=O)n3C)c1. The number of aryl methyl sites for hydroxylation is 2. The summed E-state index contributed by atoms with van der Waals surface area (Å²) >= 11 is 0. The van der Waals surface area contributed by atoms with E-state index in [4.69, 9.17) is 4.42 Å². The van der Waals surface area contributed by atoms with Crippen molar-refractivity contribution in [3.05, 3.63) is 94.5 Å². The van der Waals surface area contributed by atoms with Crippen LogP contribution in [0.1, 0.15) is 11.1 Å². The van der Waals surface area contributed by atoms with Crippen molar-refractivity contribution in [3.8, 4) is 0 Å². The summed E-state index contributed by atoms with van der Waals surface area (Å²) in [5.74, 6) is -1.08. The van der Waals surface area contributed by atoms with Crippen molar-refractivity contribution in [1.82, 2.24) is 9.29 Å². The number of anilines is 1. The maximum absolute atomic E-state index is 13.2. The molecule has 4 aromatic rings. The van der Waals surface area contributed by atoms with Crippen molar-refractivity contribution in [3.63, 3.8) is 0 Å². The van der Waals surface area contributed by atoms with Gasteiger partial charge in [0.05, 0.1) is 10.4 Å². The predicted octanol–water partition coefficient (Wildman–Crippen LogP) is 2.97. The number of sulfonamides is 1. The number of hydrogen-bond donors (Lipinski definition) is 2. The molecule has 0 saturated carbocycles. The molecule has 0 unspecified atom stereocenters. The predicted molar refractivity (Wildman–Crippen MR) is 126 cm³/mol. The Balaban J connectivity index is 1.64. The molecule has 170 valence electrons. The van der Waals surface area contributed by atoms with Crippen LogP contribution in [0.15, 0.2) is 86.9 Å². The van der Waals surface area contributed by atoms with E-state index >= 15 is 0 Å². The average molecular weight is 466 g/mol. The largest absolute Gasteiger partial charge is 0.419 e. The number of hydrogen-bond acceptors (Lipinski definition) is 5. The van der Waals surface area contributed by atoms with Crippen LogP contribution in [0.4, 0.5) is 5.69 Å². The van der Waals surface area contributed by atoms with E-state index in [-0.39, 0.29) is 16.9 Å². The summed E-state index contributed by atoms with van der Waals surface area (Å²) in [7, 11) is -2.57. The standard InChI is InChI=1S/C24H23N3O5S/c1-16-7-6-10-18(13-16)25-23(28)20(14-17-8-4-3-5-9-17)26-33(30,31)19-11-12-21-22(15-19)32-24(29)27(21)2/h3-13,15,20,26H,14H2,1-2H3,(H,25,28)/t20-/m1/s1. The molecule has 4 rings (SSSR count). The topological polar surface area (TPSA) is 110 Å². The molecule has 1 amide bonds. The number of nitrogens with one attached hydrogen (secondary N) is 2. The Morgan fingerprint density at radius 3 is 2.52 bits per heavy atom. The second kappa shape index (κ2) is 9.05. The highest BCUT2D eigenvalue weighted by Crippen LogP contribution is 2.19. The van der Waals surface area contributed by atoms with Crippen LogP contribution in [0.5, 0.6) is 0 Å². The number of carbonyl (C=O) groups excluding carboxylic acids is 1. The third-order valence-electron chi connectivity index (χ3n) is 5.26. The fourth-order valence-corrected chi connectivity index (χ4v) is 4.74. The van der Waals surface area contributed by atoms with E-state index < -0.39 is 27.7 Å². The number of amides is 1. The van der Waals surface area contributed by atoms with Crippen molar-refractivity contribution in [2.75, 3.05) is 5.32 Å². The molecule has 8 nitrogen and oxygen atoms in total. The number of rotatable bonds is 7. The minimum atomic E-state index is -4.10. The van der Waals surface area contributed by atoms with E-state index in [9.17, 15) is 18.0 Å². The van der Waals surface area contributed by atoms with Crippen molar-refractivity contribution in [2.45, 2.75) is 24.3 Å². The van der Waals surface area contributed by atoms with Gasteiger partial charge in [-0.3, -0.25) is 9.36 Å². The first-order chi connectivity index (χ1) is 15.7. The molecule has 0 aliphatic heterocycles. The Bertz CT molecular complexity index is 1470. The minimum absolute atomic E-state index is 0.106. The lowest BCUT2D eigenvalue weighted by Gasteiger charge is -2.19. The van der Waals surface area contributed by atoms with Crippen molar-refractivity contribution < 1.29 is 17.6 Å². The third-order valence-corrected chi connectivity index (χ3v) is 6.73. The summed E-state index contributed by atoms with van der Waals surface area (Å²) < 4.78 is 35.2. The van der Waals surface area contributed by atoms with Gasteiger partial charge >= 0.3 is 5.76 Å². The quantitative estimate of drug-likeness (QED) is 0.436. The monoisotopic (exact) mass is 465 g/mol. The van der Waals surface area contributed by atoms with E-state index in [0.29, 0.717) is 11.2 Å². The summed E-state index contributed by atoms with van der Waals surface area (Å²) in [5.41, 5.74) is 2.95. The van der Waals surface area contributed by atoms with Gasteiger partial charge in [0.2, 0.25) is 15.9 Å². The summed E-state index contributed by atoms with van der Waals surface area (Å²) in [6, 6.07) is 19.5. The molecule has 0 radical (unpaired) electrons. The van der Waals surface area contributed by atoms with Crippen LogP contribution in [0.25, 0.3) is 11.1 Å². The van der Waals surface area contributed by atoms with E-state index in [1.165, 1.54) is 29.8 Å². The van der Waals surface area contributed by atoms with Gasteiger partial charge in [0.25, 0.3) is 0 Å². The van der Waals surface area contributed by atoms with Crippen LogP contribution in [0.3, 0.4) is 0 Å². The molecule has 0 saturated heterocycles. The van der Waals surface area contributed by atoms with Crippen LogP contribution in [0, 0.1) is 6.92 Å². The van der Waals surface area contributed by atoms with Crippen LogP contribution in [-0.2, 0) is 28.3 Å². The Morgan fingerprint density at radius 2 is 1.79 bits per heavy atom. The lowest BCUT2D eigenvalue weighted by molar-refractivity contribution is -0.117. The normalized spacial score (nSPS) is 12.5. The number of aromatic nitrogens is 1. The molecule has 9 heteroatoms. The number of benzene rings is 3. The van der Waals surface area contributed by atoms with Gasteiger partial charge in [0.15, 0.2) is 5.58 Å². The lowest BCUT2D eigenvalue weighted by Crippen LogP contribution is -2.45. The third kappa shape index (κ3) is 5.05. The molecule has 0 spiro atoms. The smallest absolute Gasteiger partial charge is 0.408 e. The first-order valence-corrected chi connectivity index (χ1v) is 11.7. The Kier molecular flexibility index (Phi) is 6.17.